The zero-order valence-corrected chi connectivity index (χ0v) is 20.4. The first kappa shape index (κ1) is 25.4. The maximum Gasteiger partial charge on any atom is 0.528 e. The van der Waals surface area contributed by atoms with Crippen LogP contribution in [-0.2, 0) is 14.3 Å². The number of aryl methyl sites for hydroxylation is 1. The maximum atomic E-state index is 11.7. The smallest absolute Gasteiger partial charge is 0.474 e. The van der Waals surface area contributed by atoms with Crippen molar-refractivity contribution in [1.29, 1.82) is 0 Å². The van der Waals surface area contributed by atoms with E-state index < -0.39 is 6.16 Å². The zero-order chi connectivity index (χ0) is 24.5. The van der Waals surface area contributed by atoms with E-state index in [1.165, 1.54) is 6.33 Å². The highest BCUT2D eigenvalue weighted by Crippen LogP contribution is 2.30. The van der Waals surface area contributed by atoms with Gasteiger partial charge in [0.15, 0.2) is 5.75 Å². The van der Waals surface area contributed by atoms with E-state index in [1.807, 2.05) is 26.0 Å². The van der Waals surface area contributed by atoms with Crippen LogP contribution in [0.5, 0.6) is 17.5 Å². The van der Waals surface area contributed by atoms with Gasteiger partial charge in [0.25, 0.3) is 0 Å². The average molecular weight is 476 g/mol. The highest BCUT2D eigenvalue weighted by atomic mass is 16.8. The lowest BCUT2D eigenvalue weighted by Crippen LogP contribution is -2.40. The number of aromatic nitrogens is 3. The third kappa shape index (κ3) is 7.42. The second kappa shape index (κ2) is 12.3. The molecule has 34 heavy (non-hydrogen) atoms. The molecule has 1 saturated heterocycles. The van der Waals surface area contributed by atoms with Crippen molar-refractivity contribution in [3.8, 4) is 17.5 Å². The van der Waals surface area contributed by atoms with Crippen LogP contribution >= 0.6 is 0 Å². The minimum atomic E-state index is -0.689. The van der Waals surface area contributed by atoms with Crippen molar-refractivity contribution in [2.45, 2.75) is 52.7 Å². The van der Waals surface area contributed by atoms with E-state index in [-0.39, 0.29) is 12.2 Å². The highest BCUT2D eigenvalue weighted by Gasteiger charge is 2.25. The van der Waals surface area contributed by atoms with Crippen LogP contribution in [0.1, 0.15) is 37.9 Å². The number of ether oxygens (including phenoxy) is 4. The Balaban J connectivity index is 1.56. The lowest BCUT2D eigenvalue weighted by molar-refractivity contribution is -0.151. The molecule has 0 bridgehead atoms. The van der Waals surface area contributed by atoms with E-state index in [0.29, 0.717) is 62.2 Å². The van der Waals surface area contributed by atoms with Crippen LogP contribution in [0.4, 0.5) is 10.6 Å². The van der Waals surface area contributed by atoms with Gasteiger partial charge in [-0.1, -0.05) is 0 Å². The van der Waals surface area contributed by atoms with Crippen molar-refractivity contribution >= 4 is 12.0 Å². The fourth-order valence-corrected chi connectivity index (χ4v) is 3.30. The van der Waals surface area contributed by atoms with Crippen LogP contribution in [-0.4, -0.2) is 71.7 Å². The molecule has 0 saturated carbocycles. The second-order valence-corrected chi connectivity index (χ2v) is 8.16. The Kier molecular flexibility index (Phi) is 9.23. The number of hydrogen-bond donors (Lipinski definition) is 1. The number of carbonyl (C=O) groups is 1. The molecule has 3 heterocycles. The molecule has 2 aromatic rings. The first-order valence-corrected chi connectivity index (χ1v) is 11.4. The van der Waals surface area contributed by atoms with E-state index in [4.69, 9.17) is 23.8 Å². The molecule has 0 atom stereocenters. The Morgan fingerprint density at radius 2 is 1.91 bits per heavy atom. The first-order valence-electron chi connectivity index (χ1n) is 11.4. The topological polar surface area (TPSA) is 117 Å². The number of methoxy groups -OCH3 is 1. The molecular formula is C23H33N5O6. The molecule has 0 aromatic carbocycles. The van der Waals surface area contributed by atoms with Crippen LogP contribution in [0.25, 0.3) is 0 Å². The molecule has 3 rings (SSSR count). The van der Waals surface area contributed by atoms with Gasteiger partial charge in [-0.3, -0.25) is 0 Å². The quantitative estimate of drug-likeness (QED) is 0.401. The van der Waals surface area contributed by atoms with Gasteiger partial charge in [-0.25, -0.2) is 19.7 Å². The van der Waals surface area contributed by atoms with E-state index in [0.717, 1.165) is 11.5 Å². The van der Waals surface area contributed by atoms with Gasteiger partial charge in [0.2, 0.25) is 11.8 Å². The van der Waals surface area contributed by atoms with E-state index in [1.54, 1.807) is 26.0 Å². The molecule has 0 spiro atoms. The van der Waals surface area contributed by atoms with E-state index in [9.17, 15) is 4.79 Å². The Morgan fingerprint density at radius 1 is 1.18 bits per heavy atom. The predicted octanol–water partition coefficient (Wildman–Crippen LogP) is 3.66. The number of anilines is 1. The van der Waals surface area contributed by atoms with Gasteiger partial charge in [0.05, 0.1) is 24.0 Å². The van der Waals surface area contributed by atoms with Crippen LogP contribution < -0.4 is 14.8 Å². The van der Waals surface area contributed by atoms with Crippen molar-refractivity contribution in [3.05, 3.63) is 29.7 Å². The third-order valence-electron chi connectivity index (χ3n) is 5.06. The number of piperidine rings is 1. The summed E-state index contributed by atoms with van der Waals surface area (Å²) in [4.78, 5) is 29.9. The van der Waals surface area contributed by atoms with Gasteiger partial charge in [-0.15, -0.1) is 5.06 Å². The number of hydroxylamine groups is 2. The number of carbonyl (C=O) groups excluding carboxylic acids is 1. The molecule has 2 aromatic heterocycles. The van der Waals surface area contributed by atoms with Crippen molar-refractivity contribution in [2.24, 2.45) is 0 Å². The summed E-state index contributed by atoms with van der Waals surface area (Å²) in [6.45, 7) is 9.63. The number of nitrogens with one attached hydrogen (secondary N) is 1. The normalized spacial score (nSPS) is 14.6. The van der Waals surface area contributed by atoms with Crippen LogP contribution in [0, 0.1) is 13.8 Å². The van der Waals surface area contributed by atoms with E-state index >= 15 is 0 Å². The molecule has 1 fully saturated rings. The van der Waals surface area contributed by atoms with E-state index in [2.05, 4.69) is 20.3 Å². The van der Waals surface area contributed by atoms with Gasteiger partial charge >= 0.3 is 6.16 Å². The van der Waals surface area contributed by atoms with Gasteiger partial charge in [-0.2, -0.15) is 0 Å². The summed E-state index contributed by atoms with van der Waals surface area (Å²) in [6.07, 6.45) is 1.79. The zero-order valence-electron chi connectivity index (χ0n) is 20.4. The van der Waals surface area contributed by atoms with Gasteiger partial charge < -0.3 is 29.1 Å². The average Bonchev–Trinajstić information content (AvgIpc) is 2.79. The minimum absolute atomic E-state index is 0.0664. The van der Waals surface area contributed by atoms with Gasteiger partial charge in [0, 0.05) is 39.6 Å². The predicted molar refractivity (Wildman–Crippen MR) is 124 cm³/mol. The number of hydrogen-bond acceptors (Lipinski definition) is 11. The SMILES string of the molecule is COCCNc1ccc(Oc2ncnc(OC3CCN(OC(=O)OC(C)C)CC3)c2C)c(C)n1. The third-order valence-corrected chi connectivity index (χ3v) is 5.06. The van der Waals surface area contributed by atoms with Crippen molar-refractivity contribution in [3.63, 3.8) is 0 Å². The fraction of sp³-hybridized carbons (Fsp3) is 0.565. The Bertz CT molecular complexity index is 949. The molecular weight excluding hydrogens is 442 g/mol. The lowest BCUT2D eigenvalue weighted by Gasteiger charge is -2.30. The minimum Gasteiger partial charge on any atom is -0.474 e. The summed E-state index contributed by atoms with van der Waals surface area (Å²) in [5, 5.41) is 4.78. The molecule has 1 N–H and O–H groups in total. The summed E-state index contributed by atoms with van der Waals surface area (Å²) >= 11 is 0. The number of nitrogens with zero attached hydrogens (tertiary/aromatic N) is 4. The molecule has 11 heteroatoms. The summed E-state index contributed by atoms with van der Waals surface area (Å²) in [6, 6.07) is 3.69. The number of pyridine rings is 1. The van der Waals surface area contributed by atoms with Gasteiger partial charge in [0.1, 0.15) is 18.2 Å². The fourth-order valence-electron chi connectivity index (χ4n) is 3.30. The monoisotopic (exact) mass is 475 g/mol. The maximum absolute atomic E-state index is 11.7. The number of rotatable bonds is 10. The Hall–Kier alpha value is -3.18. The molecule has 1 aliphatic heterocycles. The van der Waals surface area contributed by atoms with Crippen LogP contribution in [0.15, 0.2) is 18.5 Å². The van der Waals surface area contributed by atoms with Crippen LogP contribution in [0.3, 0.4) is 0 Å². The van der Waals surface area contributed by atoms with Gasteiger partial charge in [-0.05, 0) is 39.8 Å². The molecule has 0 unspecified atom stereocenters. The van der Waals surface area contributed by atoms with Crippen LogP contribution in [0.2, 0.25) is 0 Å². The van der Waals surface area contributed by atoms with Crippen molar-refractivity contribution < 1.29 is 28.6 Å². The second-order valence-electron chi connectivity index (χ2n) is 8.16. The molecule has 0 amide bonds. The summed E-state index contributed by atoms with van der Waals surface area (Å²) in [5.41, 5.74) is 1.43. The largest absolute Gasteiger partial charge is 0.528 e. The summed E-state index contributed by atoms with van der Waals surface area (Å²) < 4.78 is 22.2. The standard InChI is InChI=1S/C23H33N5O6/c1-15(2)31-23(29)34-28-11-8-18(9-12-28)32-21-16(3)22(26-14-25-21)33-19-6-7-20(27-17(19)4)24-10-13-30-5/h6-7,14-15,18H,8-13H2,1-5H3,(H,24,27). The highest BCUT2D eigenvalue weighted by molar-refractivity contribution is 5.59. The molecule has 1 aliphatic rings. The summed E-state index contributed by atoms with van der Waals surface area (Å²) in [5.74, 6) is 2.22. The molecule has 0 aliphatic carbocycles. The molecule has 11 nitrogen and oxygen atoms in total. The van der Waals surface area contributed by atoms with Crippen molar-refractivity contribution in [2.75, 3.05) is 38.7 Å². The Morgan fingerprint density at radius 3 is 2.59 bits per heavy atom. The Labute approximate surface area is 199 Å². The molecule has 0 radical (unpaired) electrons. The summed E-state index contributed by atoms with van der Waals surface area (Å²) in [7, 11) is 1.66. The lowest BCUT2D eigenvalue weighted by atomic mass is 10.1. The first-order chi connectivity index (χ1) is 16.4. The van der Waals surface area contributed by atoms with Crippen molar-refractivity contribution in [1.82, 2.24) is 20.0 Å². The molecule has 186 valence electrons.